The summed E-state index contributed by atoms with van der Waals surface area (Å²) in [6.45, 7) is 4.67. The average Bonchev–Trinajstić information content (AvgIpc) is 3.06. The average molecular weight is 406 g/mol. The number of hydrogen-bond acceptors (Lipinski definition) is 7. The predicted molar refractivity (Wildman–Crippen MR) is 102 cm³/mol. The Hall–Kier alpha value is -2.56. The third-order valence-corrected chi connectivity index (χ3v) is 6.36. The maximum Gasteiger partial charge on any atom is 0.243 e. The van der Waals surface area contributed by atoms with Crippen molar-refractivity contribution in [1.29, 1.82) is 0 Å². The fourth-order valence-corrected chi connectivity index (χ4v) is 4.42. The third-order valence-electron chi connectivity index (χ3n) is 4.47. The number of aryl methyl sites for hydroxylation is 1. The van der Waals surface area contributed by atoms with Crippen molar-refractivity contribution < 1.29 is 22.5 Å². The molecule has 10 heteroatoms. The minimum atomic E-state index is -3.69. The minimum Gasteiger partial charge on any atom is -0.338 e. The maximum atomic E-state index is 12.8. The van der Waals surface area contributed by atoms with Crippen molar-refractivity contribution in [2.75, 3.05) is 38.0 Å². The highest BCUT2D eigenvalue weighted by Gasteiger charge is 2.29. The number of ketones is 1. The summed E-state index contributed by atoms with van der Waals surface area (Å²) in [5, 5.41) is 6.32. The van der Waals surface area contributed by atoms with Crippen molar-refractivity contribution >= 4 is 27.6 Å². The molecule has 0 aliphatic carbocycles. The van der Waals surface area contributed by atoms with E-state index in [9.17, 15) is 18.0 Å². The van der Waals surface area contributed by atoms with E-state index in [0.29, 0.717) is 24.3 Å². The third kappa shape index (κ3) is 4.64. The van der Waals surface area contributed by atoms with Gasteiger partial charge in [-0.1, -0.05) is 17.3 Å². The van der Waals surface area contributed by atoms with Crippen LogP contribution in [0.5, 0.6) is 0 Å². The van der Waals surface area contributed by atoms with Crippen LogP contribution in [-0.4, -0.2) is 67.2 Å². The number of Topliss-reactive ketones (excluding diaryl/α,β-unsaturated/α-hetero) is 1. The summed E-state index contributed by atoms with van der Waals surface area (Å²) in [7, 11) is -3.69. The predicted octanol–water partition coefficient (Wildman–Crippen LogP) is 1.13. The first-order valence-corrected chi connectivity index (χ1v) is 10.3. The van der Waals surface area contributed by atoms with Gasteiger partial charge in [0.2, 0.25) is 21.8 Å². The van der Waals surface area contributed by atoms with E-state index >= 15 is 0 Å². The van der Waals surface area contributed by atoms with Gasteiger partial charge in [0, 0.05) is 37.8 Å². The van der Waals surface area contributed by atoms with Crippen LogP contribution in [0.15, 0.2) is 39.8 Å². The van der Waals surface area contributed by atoms with Gasteiger partial charge >= 0.3 is 0 Å². The van der Waals surface area contributed by atoms with Gasteiger partial charge in [-0.3, -0.25) is 19.8 Å². The minimum absolute atomic E-state index is 0.104. The molecule has 1 aromatic heterocycles. The van der Waals surface area contributed by atoms with Crippen LogP contribution in [0.1, 0.15) is 23.0 Å². The molecule has 2 heterocycles. The maximum absolute atomic E-state index is 12.8. The molecule has 1 saturated heterocycles. The van der Waals surface area contributed by atoms with Gasteiger partial charge in [-0.05, 0) is 26.0 Å². The molecule has 9 nitrogen and oxygen atoms in total. The SMILES string of the molecule is CC(=O)c1cccc(S(=O)(=O)N2CCN(CC(=O)Nc3cc(C)no3)CC2)c1. The molecule has 150 valence electrons. The number of amides is 1. The van der Waals surface area contributed by atoms with E-state index in [1.807, 2.05) is 4.90 Å². The van der Waals surface area contributed by atoms with E-state index in [2.05, 4.69) is 10.5 Å². The Morgan fingerprint density at radius 2 is 1.89 bits per heavy atom. The zero-order valence-corrected chi connectivity index (χ0v) is 16.5. The highest BCUT2D eigenvalue weighted by Crippen LogP contribution is 2.19. The van der Waals surface area contributed by atoms with Crippen LogP contribution in [0.3, 0.4) is 0 Å². The van der Waals surface area contributed by atoms with Crippen molar-refractivity contribution in [3.63, 3.8) is 0 Å². The Morgan fingerprint density at radius 3 is 2.50 bits per heavy atom. The molecule has 1 N–H and O–H groups in total. The van der Waals surface area contributed by atoms with E-state index in [1.165, 1.54) is 23.4 Å². The van der Waals surface area contributed by atoms with Crippen LogP contribution in [0.2, 0.25) is 0 Å². The van der Waals surface area contributed by atoms with Crippen molar-refractivity contribution in [2.24, 2.45) is 0 Å². The van der Waals surface area contributed by atoms with Crippen LogP contribution in [0.25, 0.3) is 0 Å². The molecular formula is C18H22N4O5S. The van der Waals surface area contributed by atoms with Gasteiger partial charge in [0.05, 0.1) is 17.1 Å². The molecular weight excluding hydrogens is 384 g/mol. The molecule has 0 unspecified atom stereocenters. The van der Waals surface area contributed by atoms with E-state index < -0.39 is 10.0 Å². The lowest BCUT2D eigenvalue weighted by Gasteiger charge is -2.33. The van der Waals surface area contributed by atoms with Crippen molar-refractivity contribution in [3.8, 4) is 0 Å². The van der Waals surface area contributed by atoms with Crippen LogP contribution >= 0.6 is 0 Å². The Bertz CT molecular complexity index is 977. The molecule has 1 fully saturated rings. The first-order valence-electron chi connectivity index (χ1n) is 8.82. The quantitative estimate of drug-likeness (QED) is 0.716. The normalized spacial score (nSPS) is 16.1. The van der Waals surface area contributed by atoms with Gasteiger partial charge in [0.15, 0.2) is 5.78 Å². The number of sulfonamides is 1. The standard InChI is InChI=1S/C18H22N4O5S/c1-13-10-18(27-20-13)19-17(24)12-21-6-8-22(9-7-21)28(25,26)16-5-3-4-15(11-16)14(2)23/h3-5,10-11H,6-9,12H2,1-2H3,(H,19,24). The highest BCUT2D eigenvalue weighted by atomic mass is 32.2. The summed E-state index contributed by atoms with van der Waals surface area (Å²) in [6.07, 6.45) is 0. The first kappa shape index (κ1) is 20.2. The Balaban J connectivity index is 1.57. The largest absolute Gasteiger partial charge is 0.338 e. The molecule has 1 amide bonds. The Kier molecular flexibility index (Phi) is 5.92. The Labute approximate surface area is 163 Å². The summed E-state index contributed by atoms with van der Waals surface area (Å²) >= 11 is 0. The number of nitrogens with zero attached hydrogens (tertiary/aromatic N) is 3. The van der Waals surface area contributed by atoms with Crippen molar-refractivity contribution in [2.45, 2.75) is 18.7 Å². The molecule has 2 aromatic rings. The number of nitrogens with one attached hydrogen (secondary N) is 1. The zero-order valence-electron chi connectivity index (χ0n) is 15.7. The number of carbonyl (C=O) groups excluding carboxylic acids is 2. The molecule has 0 radical (unpaired) electrons. The zero-order chi connectivity index (χ0) is 20.3. The van der Waals surface area contributed by atoms with E-state index in [4.69, 9.17) is 4.52 Å². The van der Waals surface area contributed by atoms with E-state index in [1.54, 1.807) is 25.1 Å². The second-order valence-corrected chi connectivity index (χ2v) is 8.58. The topological polar surface area (TPSA) is 113 Å². The van der Waals surface area contributed by atoms with Crippen molar-refractivity contribution in [3.05, 3.63) is 41.6 Å². The summed E-state index contributed by atoms with van der Waals surface area (Å²) in [5.74, 6) is -0.148. The molecule has 1 aliphatic heterocycles. The molecule has 0 saturated carbocycles. The summed E-state index contributed by atoms with van der Waals surface area (Å²) in [6, 6.07) is 7.67. The monoisotopic (exact) mass is 406 g/mol. The summed E-state index contributed by atoms with van der Waals surface area (Å²) in [4.78, 5) is 25.6. The summed E-state index contributed by atoms with van der Waals surface area (Å²) in [5.41, 5.74) is 1.03. The lowest BCUT2D eigenvalue weighted by Crippen LogP contribution is -2.50. The fraction of sp³-hybridized carbons (Fsp3) is 0.389. The van der Waals surface area contributed by atoms with Gasteiger partial charge < -0.3 is 4.52 Å². The lowest BCUT2D eigenvalue weighted by molar-refractivity contribution is -0.117. The van der Waals surface area contributed by atoms with Gasteiger partial charge in [-0.15, -0.1) is 0 Å². The second kappa shape index (κ2) is 8.21. The number of rotatable bonds is 6. The molecule has 3 rings (SSSR count). The van der Waals surface area contributed by atoms with E-state index in [-0.39, 0.29) is 42.1 Å². The number of aromatic nitrogens is 1. The van der Waals surface area contributed by atoms with Crippen LogP contribution in [0.4, 0.5) is 5.88 Å². The van der Waals surface area contributed by atoms with Gasteiger partial charge in [0.1, 0.15) is 0 Å². The fourth-order valence-electron chi connectivity index (χ4n) is 2.96. The van der Waals surface area contributed by atoms with Gasteiger partial charge in [-0.25, -0.2) is 8.42 Å². The first-order chi connectivity index (χ1) is 13.3. The smallest absolute Gasteiger partial charge is 0.243 e. The van der Waals surface area contributed by atoms with Crippen LogP contribution in [-0.2, 0) is 14.8 Å². The van der Waals surface area contributed by atoms with Gasteiger partial charge in [-0.2, -0.15) is 4.31 Å². The van der Waals surface area contributed by atoms with E-state index in [0.717, 1.165) is 0 Å². The number of hydrogen-bond donors (Lipinski definition) is 1. The number of benzene rings is 1. The molecule has 1 aromatic carbocycles. The number of anilines is 1. The number of carbonyl (C=O) groups is 2. The molecule has 0 bridgehead atoms. The van der Waals surface area contributed by atoms with Crippen LogP contribution in [0, 0.1) is 6.92 Å². The van der Waals surface area contributed by atoms with Gasteiger partial charge in [0.25, 0.3) is 0 Å². The molecule has 0 spiro atoms. The lowest BCUT2D eigenvalue weighted by atomic mass is 10.2. The van der Waals surface area contributed by atoms with Crippen LogP contribution < -0.4 is 5.32 Å². The molecule has 1 aliphatic rings. The highest BCUT2D eigenvalue weighted by molar-refractivity contribution is 7.89. The summed E-state index contributed by atoms with van der Waals surface area (Å²) < 4.78 is 32.0. The molecule has 0 atom stereocenters. The Morgan fingerprint density at radius 1 is 1.18 bits per heavy atom. The number of piperazine rings is 1. The molecule has 28 heavy (non-hydrogen) atoms. The second-order valence-electron chi connectivity index (χ2n) is 6.64. The van der Waals surface area contributed by atoms with Crippen molar-refractivity contribution in [1.82, 2.24) is 14.4 Å².